The predicted octanol–water partition coefficient (Wildman–Crippen LogP) is 3.59. The van der Waals surface area contributed by atoms with E-state index in [2.05, 4.69) is 34.8 Å². The van der Waals surface area contributed by atoms with Crippen LogP contribution >= 0.6 is 0 Å². The molecule has 0 aliphatic rings. The number of hydrogen-bond donors (Lipinski definition) is 3. The van der Waals surface area contributed by atoms with E-state index in [0.717, 1.165) is 17.8 Å². The van der Waals surface area contributed by atoms with Crippen molar-refractivity contribution in [2.24, 2.45) is 10.8 Å². The quantitative estimate of drug-likeness (QED) is 0.340. The van der Waals surface area contributed by atoms with Crippen LogP contribution in [-0.4, -0.2) is 5.96 Å². The Hall–Kier alpha value is -2.33. The summed E-state index contributed by atoms with van der Waals surface area (Å²) in [5.74, 6) is 6.04. The number of aryl methyl sites for hydroxylation is 1. The maximum atomic E-state index is 5.52. The van der Waals surface area contributed by atoms with Gasteiger partial charge in [0.2, 0.25) is 5.96 Å². The molecule has 0 atom stereocenters. The highest BCUT2D eigenvalue weighted by molar-refractivity contribution is 5.94. The number of aliphatic imine (C=N–C) groups is 1. The van der Waals surface area contributed by atoms with Crippen LogP contribution in [0.25, 0.3) is 0 Å². The molecule has 4 N–H and O–H groups in total. The fourth-order valence-corrected chi connectivity index (χ4v) is 2.00. The summed E-state index contributed by atoms with van der Waals surface area (Å²) in [6, 6.07) is 18.0. The Kier molecular flexibility index (Phi) is 5.79. The van der Waals surface area contributed by atoms with Gasteiger partial charge < -0.3 is 5.32 Å². The van der Waals surface area contributed by atoms with Crippen LogP contribution in [0.3, 0.4) is 0 Å². The lowest BCUT2D eigenvalue weighted by molar-refractivity contribution is 0.795. The van der Waals surface area contributed by atoms with E-state index in [9.17, 15) is 0 Å². The number of nitrogens with one attached hydrogen (secondary N) is 2. The number of anilines is 1. The van der Waals surface area contributed by atoms with Gasteiger partial charge in [-0.3, -0.25) is 5.43 Å². The van der Waals surface area contributed by atoms with Crippen molar-refractivity contribution in [3.05, 3.63) is 60.2 Å². The summed E-state index contributed by atoms with van der Waals surface area (Å²) in [5.41, 5.74) is 5.73. The van der Waals surface area contributed by atoms with E-state index in [1.54, 1.807) is 0 Å². The second-order valence-electron chi connectivity index (χ2n) is 4.87. The normalized spacial score (nSPS) is 11.2. The Morgan fingerprint density at radius 2 is 1.76 bits per heavy atom. The number of guanidine groups is 1. The maximum absolute atomic E-state index is 5.52. The molecule has 0 aromatic heterocycles. The molecule has 110 valence electrons. The number of nitrogens with two attached hydrogens (primary N) is 1. The molecule has 0 spiro atoms. The van der Waals surface area contributed by atoms with Crippen LogP contribution in [0.2, 0.25) is 0 Å². The largest absolute Gasteiger partial charge is 0.325 e. The molecule has 21 heavy (non-hydrogen) atoms. The average Bonchev–Trinajstić information content (AvgIpc) is 2.54. The van der Waals surface area contributed by atoms with Crippen molar-refractivity contribution < 1.29 is 0 Å². The molecule has 4 nitrogen and oxygen atoms in total. The molecular weight excluding hydrogens is 260 g/mol. The minimum Gasteiger partial charge on any atom is -0.325 e. The minimum atomic E-state index is 0.516. The van der Waals surface area contributed by atoms with E-state index in [-0.39, 0.29) is 0 Å². The third-order valence-corrected chi connectivity index (χ3v) is 3.17. The third-order valence-electron chi connectivity index (χ3n) is 3.17. The highest BCUT2D eigenvalue weighted by Gasteiger charge is 1.99. The third kappa shape index (κ3) is 4.93. The van der Waals surface area contributed by atoms with Crippen LogP contribution in [0.15, 0.2) is 59.6 Å². The molecule has 0 amide bonds. The zero-order chi connectivity index (χ0) is 14.9. The molecule has 0 fully saturated rings. The average molecular weight is 282 g/mol. The molecule has 0 bridgehead atoms. The van der Waals surface area contributed by atoms with Crippen molar-refractivity contribution in [1.29, 1.82) is 0 Å². The van der Waals surface area contributed by atoms with Crippen molar-refractivity contribution in [2.75, 3.05) is 5.32 Å². The molecular formula is C17H22N4. The molecule has 2 aromatic rings. The predicted molar refractivity (Wildman–Crippen MR) is 89.5 cm³/mol. The number of hydrogen-bond acceptors (Lipinski definition) is 2. The van der Waals surface area contributed by atoms with Gasteiger partial charge in [0.1, 0.15) is 0 Å². The zero-order valence-corrected chi connectivity index (χ0v) is 12.3. The van der Waals surface area contributed by atoms with Gasteiger partial charge in [-0.2, -0.15) is 0 Å². The summed E-state index contributed by atoms with van der Waals surface area (Å²) in [4.78, 5) is 4.46. The molecule has 0 unspecified atom stereocenters. The van der Waals surface area contributed by atoms with Crippen LogP contribution in [0.4, 0.5) is 11.4 Å². The summed E-state index contributed by atoms with van der Waals surface area (Å²) < 4.78 is 0. The van der Waals surface area contributed by atoms with Crippen molar-refractivity contribution >= 4 is 17.3 Å². The number of nitrogens with zero attached hydrogens (tertiary/aromatic N) is 1. The Labute approximate surface area is 126 Å². The van der Waals surface area contributed by atoms with Gasteiger partial charge in [0, 0.05) is 5.69 Å². The van der Waals surface area contributed by atoms with Gasteiger partial charge in [0.15, 0.2) is 0 Å². The first-order valence-corrected chi connectivity index (χ1v) is 7.28. The molecule has 2 rings (SSSR count). The lowest BCUT2D eigenvalue weighted by atomic mass is 10.1. The smallest absolute Gasteiger partial charge is 0.215 e. The number of rotatable bonds is 5. The Balaban J connectivity index is 2.05. The fraction of sp³-hybridized carbons (Fsp3) is 0.235. The number of hydrazine groups is 1. The Morgan fingerprint density at radius 1 is 1.05 bits per heavy atom. The van der Waals surface area contributed by atoms with Crippen LogP contribution < -0.4 is 16.6 Å². The van der Waals surface area contributed by atoms with Gasteiger partial charge in [-0.25, -0.2) is 10.8 Å². The van der Waals surface area contributed by atoms with E-state index in [1.165, 1.54) is 18.4 Å². The number of para-hydroxylation sites is 1. The first-order chi connectivity index (χ1) is 10.3. The standard InChI is InChI=1S/C17H22N4/c1-2-3-7-14-10-12-16(13-11-14)20-17(21-18)19-15-8-5-4-6-9-15/h4-6,8-13H,2-3,7,18H2,1H3,(H2,19,20,21). The van der Waals surface area contributed by atoms with Gasteiger partial charge in [-0.1, -0.05) is 43.7 Å². The number of unbranched alkanes of at least 4 members (excludes halogenated alkanes) is 1. The number of benzene rings is 2. The Morgan fingerprint density at radius 3 is 2.38 bits per heavy atom. The van der Waals surface area contributed by atoms with Crippen LogP contribution in [0, 0.1) is 0 Å². The zero-order valence-electron chi connectivity index (χ0n) is 12.3. The van der Waals surface area contributed by atoms with Gasteiger partial charge in [-0.15, -0.1) is 0 Å². The van der Waals surface area contributed by atoms with Crippen molar-refractivity contribution in [1.82, 2.24) is 5.43 Å². The molecule has 0 radical (unpaired) electrons. The van der Waals surface area contributed by atoms with E-state index >= 15 is 0 Å². The first kappa shape index (κ1) is 15.1. The van der Waals surface area contributed by atoms with E-state index in [0.29, 0.717) is 5.96 Å². The summed E-state index contributed by atoms with van der Waals surface area (Å²) >= 11 is 0. The first-order valence-electron chi connectivity index (χ1n) is 7.28. The van der Waals surface area contributed by atoms with E-state index < -0.39 is 0 Å². The van der Waals surface area contributed by atoms with Gasteiger partial charge >= 0.3 is 0 Å². The van der Waals surface area contributed by atoms with Crippen molar-refractivity contribution in [3.63, 3.8) is 0 Å². The second-order valence-corrected chi connectivity index (χ2v) is 4.87. The topological polar surface area (TPSA) is 62.4 Å². The van der Waals surface area contributed by atoms with Gasteiger partial charge in [0.05, 0.1) is 5.69 Å². The molecule has 2 aromatic carbocycles. The van der Waals surface area contributed by atoms with E-state index in [1.807, 2.05) is 42.5 Å². The van der Waals surface area contributed by atoms with Crippen molar-refractivity contribution in [2.45, 2.75) is 26.2 Å². The fourth-order valence-electron chi connectivity index (χ4n) is 2.00. The summed E-state index contributed by atoms with van der Waals surface area (Å²) in [6.45, 7) is 2.20. The Bertz CT molecular complexity index is 561. The lowest BCUT2D eigenvalue weighted by Gasteiger charge is -2.09. The molecule has 4 heteroatoms. The van der Waals surface area contributed by atoms with Crippen LogP contribution in [-0.2, 0) is 6.42 Å². The van der Waals surface area contributed by atoms with E-state index in [4.69, 9.17) is 5.84 Å². The summed E-state index contributed by atoms with van der Waals surface area (Å²) in [7, 11) is 0. The molecule has 0 saturated carbocycles. The van der Waals surface area contributed by atoms with Crippen LogP contribution in [0.1, 0.15) is 25.3 Å². The molecule has 0 heterocycles. The highest BCUT2D eigenvalue weighted by atomic mass is 15.3. The minimum absolute atomic E-state index is 0.516. The monoisotopic (exact) mass is 282 g/mol. The van der Waals surface area contributed by atoms with Crippen molar-refractivity contribution in [3.8, 4) is 0 Å². The molecule has 0 saturated heterocycles. The molecule has 0 aliphatic heterocycles. The second kappa shape index (κ2) is 8.07. The maximum Gasteiger partial charge on any atom is 0.215 e. The lowest BCUT2D eigenvalue weighted by Crippen LogP contribution is -2.35. The van der Waals surface area contributed by atoms with Gasteiger partial charge in [0.25, 0.3) is 0 Å². The summed E-state index contributed by atoms with van der Waals surface area (Å²) in [6.07, 6.45) is 3.54. The highest BCUT2D eigenvalue weighted by Crippen LogP contribution is 2.15. The summed E-state index contributed by atoms with van der Waals surface area (Å²) in [5, 5.41) is 3.14. The van der Waals surface area contributed by atoms with Gasteiger partial charge in [-0.05, 0) is 42.7 Å². The molecule has 0 aliphatic carbocycles. The van der Waals surface area contributed by atoms with Crippen LogP contribution in [0.5, 0.6) is 0 Å². The SMILES string of the molecule is CCCCc1ccc(N=C(NN)Nc2ccccc2)cc1.